The van der Waals surface area contributed by atoms with Gasteiger partial charge in [0.2, 0.25) is 5.95 Å². The highest BCUT2D eigenvalue weighted by Crippen LogP contribution is 2.17. The van der Waals surface area contributed by atoms with Crippen LogP contribution >= 0.6 is 23.2 Å². The molecule has 1 amide bonds. The molecule has 0 aliphatic rings. The summed E-state index contributed by atoms with van der Waals surface area (Å²) in [5.74, 6) is 0.110. The lowest BCUT2D eigenvalue weighted by molar-refractivity contribution is 0.102. The van der Waals surface area contributed by atoms with Crippen LogP contribution in [0.25, 0.3) is 0 Å². The van der Waals surface area contributed by atoms with E-state index in [0.29, 0.717) is 33.8 Å². The van der Waals surface area contributed by atoms with Gasteiger partial charge in [-0.05, 0) is 29.8 Å². The number of benzene rings is 2. The lowest BCUT2D eigenvalue weighted by Gasteiger charge is -2.08. The van der Waals surface area contributed by atoms with Crippen molar-refractivity contribution in [1.82, 2.24) is 9.97 Å². The summed E-state index contributed by atoms with van der Waals surface area (Å²) in [5, 5.41) is 7.03. The van der Waals surface area contributed by atoms with Crippen molar-refractivity contribution in [1.29, 1.82) is 0 Å². The van der Waals surface area contributed by atoms with Gasteiger partial charge in [-0.25, -0.2) is 9.97 Å². The van der Waals surface area contributed by atoms with Crippen LogP contribution in [0.1, 0.15) is 15.9 Å². The number of anilines is 2. The van der Waals surface area contributed by atoms with Gasteiger partial charge in [0.1, 0.15) is 0 Å². The maximum Gasteiger partial charge on any atom is 0.258 e. The summed E-state index contributed by atoms with van der Waals surface area (Å²) in [6, 6.07) is 14.4. The standard InChI is InChI=1S/C18H14Cl2N4O/c19-14-5-3-6-15(8-14)24-17(25)13-10-22-18(23-11-13)21-9-12-4-1-2-7-16(12)20/h1-8,10-11H,9H2,(H,24,25)(H,21,22,23). The molecule has 1 heterocycles. The Balaban J connectivity index is 1.61. The van der Waals surface area contributed by atoms with E-state index in [1.807, 2.05) is 24.3 Å². The van der Waals surface area contributed by atoms with Crippen LogP contribution in [0.4, 0.5) is 11.6 Å². The first-order valence-electron chi connectivity index (χ1n) is 7.48. The van der Waals surface area contributed by atoms with Gasteiger partial charge >= 0.3 is 0 Å². The normalized spacial score (nSPS) is 10.3. The zero-order valence-corrected chi connectivity index (χ0v) is 14.6. The van der Waals surface area contributed by atoms with E-state index in [2.05, 4.69) is 20.6 Å². The number of nitrogens with one attached hydrogen (secondary N) is 2. The second-order valence-corrected chi connectivity index (χ2v) is 6.05. The van der Waals surface area contributed by atoms with Crippen molar-refractivity contribution in [2.75, 3.05) is 10.6 Å². The highest BCUT2D eigenvalue weighted by Gasteiger charge is 2.08. The second kappa shape index (κ2) is 7.96. The molecule has 0 atom stereocenters. The van der Waals surface area contributed by atoms with E-state index >= 15 is 0 Å². The minimum atomic E-state index is -0.306. The Labute approximate surface area is 155 Å². The Morgan fingerprint density at radius 3 is 2.48 bits per heavy atom. The first-order valence-corrected chi connectivity index (χ1v) is 8.23. The maximum absolute atomic E-state index is 12.2. The molecular formula is C18H14Cl2N4O. The summed E-state index contributed by atoms with van der Waals surface area (Å²) in [5.41, 5.74) is 1.90. The number of carbonyl (C=O) groups is 1. The van der Waals surface area contributed by atoms with E-state index in [0.717, 1.165) is 5.56 Å². The fourth-order valence-corrected chi connectivity index (χ4v) is 2.51. The first kappa shape index (κ1) is 17.2. The number of hydrogen-bond acceptors (Lipinski definition) is 4. The molecule has 25 heavy (non-hydrogen) atoms. The van der Waals surface area contributed by atoms with Crippen LogP contribution in [0.15, 0.2) is 60.9 Å². The van der Waals surface area contributed by atoms with Crippen molar-refractivity contribution in [2.45, 2.75) is 6.54 Å². The molecule has 0 bridgehead atoms. The SMILES string of the molecule is O=C(Nc1cccc(Cl)c1)c1cnc(NCc2ccccc2Cl)nc1. The summed E-state index contributed by atoms with van der Waals surface area (Å²) in [7, 11) is 0. The highest BCUT2D eigenvalue weighted by molar-refractivity contribution is 6.31. The molecule has 0 aliphatic carbocycles. The molecule has 0 saturated carbocycles. The Morgan fingerprint density at radius 1 is 1.00 bits per heavy atom. The highest BCUT2D eigenvalue weighted by atomic mass is 35.5. The van der Waals surface area contributed by atoms with Gasteiger partial charge in [-0.3, -0.25) is 4.79 Å². The van der Waals surface area contributed by atoms with Gasteiger partial charge in [0.25, 0.3) is 5.91 Å². The van der Waals surface area contributed by atoms with Gasteiger partial charge in [0, 0.05) is 34.7 Å². The minimum absolute atomic E-state index is 0.306. The van der Waals surface area contributed by atoms with Crippen LogP contribution in [0.2, 0.25) is 10.0 Å². The number of aromatic nitrogens is 2. The van der Waals surface area contributed by atoms with E-state index in [1.165, 1.54) is 12.4 Å². The molecule has 2 aromatic carbocycles. The molecule has 0 fully saturated rings. The van der Waals surface area contributed by atoms with Crippen LogP contribution in [0.3, 0.4) is 0 Å². The number of carbonyl (C=O) groups excluding carboxylic acids is 1. The molecule has 3 aromatic rings. The number of rotatable bonds is 5. The van der Waals surface area contributed by atoms with Crippen LogP contribution in [0.5, 0.6) is 0 Å². The molecule has 0 aliphatic heterocycles. The predicted octanol–water partition coefficient (Wildman–Crippen LogP) is 4.65. The number of hydrogen-bond donors (Lipinski definition) is 2. The molecule has 126 valence electrons. The van der Waals surface area contributed by atoms with Crippen molar-refractivity contribution in [2.24, 2.45) is 0 Å². The molecular weight excluding hydrogens is 359 g/mol. The number of amides is 1. The Morgan fingerprint density at radius 2 is 1.76 bits per heavy atom. The monoisotopic (exact) mass is 372 g/mol. The lowest BCUT2D eigenvalue weighted by Crippen LogP contribution is -2.13. The Kier molecular flexibility index (Phi) is 5.48. The minimum Gasteiger partial charge on any atom is -0.350 e. The van der Waals surface area contributed by atoms with Crippen LogP contribution in [-0.4, -0.2) is 15.9 Å². The molecule has 0 saturated heterocycles. The van der Waals surface area contributed by atoms with Crippen molar-refractivity contribution < 1.29 is 4.79 Å². The van der Waals surface area contributed by atoms with Gasteiger partial charge in [-0.15, -0.1) is 0 Å². The second-order valence-electron chi connectivity index (χ2n) is 5.20. The van der Waals surface area contributed by atoms with E-state index in [-0.39, 0.29) is 5.91 Å². The average molecular weight is 373 g/mol. The summed E-state index contributed by atoms with van der Waals surface area (Å²) < 4.78 is 0. The van der Waals surface area contributed by atoms with Crippen molar-refractivity contribution in [3.63, 3.8) is 0 Å². The number of halogens is 2. The molecule has 7 heteroatoms. The zero-order chi connectivity index (χ0) is 17.6. The van der Waals surface area contributed by atoms with Crippen molar-refractivity contribution in [3.8, 4) is 0 Å². The third-order valence-electron chi connectivity index (χ3n) is 3.39. The summed E-state index contributed by atoms with van der Waals surface area (Å²) >= 11 is 12.0. The van der Waals surface area contributed by atoms with Gasteiger partial charge < -0.3 is 10.6 Å². The molecule has 0 unspecified atom stereocenters. The molecule has 5 nitrogen and oxygen atoms in total. The largest absolute Gasteiger partial charge is 0.350 e. The fraction of sp³-hybridized carbons (Fsp3) is 0.0556. The van der Waals surface area contributed by atoms with Gasteiger partial charge in [0.05, 0.1) is 5.56 Å². The summed E-state index contributed by atoms with van der Waals surface area (Å²) in [4.78, 5) is 20.5. The summed E-state index contributed by atoms with van der Waals surface area (Å²) in [6.07, 6.45) is 2.92. The molecule has 3 rings (SSSR count). The first-order chi connectivity index (χ1) is 12.1. The zero-order valence-electron chi connectivity index (χ0n) is 13.0. The predicted molar refractivity (Wildman–Crippen MR) is 100 cm³/mol. The van der Waals surface area contributed by atoms with E-state index in [4.69, 9.17) is 23.2 Å². The average Bonchev–Trinajstić information content (AvgIpc) is 2.61. The topological polar surface area (TPSA) is 66.9 Å². The number of nitrogens with zero attached hydrogens (tertiary/aromatic N) is 2. The van der Waals surface area contributed by atoms with Crippen LogP contribution in [-0.2, 0) is 6.54 Å². The van der Waals surface area contributed by atoms with Crippen LogP contribution < -0.4 is 10.6 Å². The third-order valence-corrected chi connectivity index (χ3v) is 4.00. The maximum atomic E-state index is 12.2. The molecule has 0 spiro atoms. The van der Waals surface area contributed by atoms with E-state index in [1.54, 1.807) is 24.3 Å². The third kappa shape index (κ3) is 4.68. The van der Waals surface area contributed by atoms with E-state index < -0.39 is 0 Å². The molecule has 2 N–H and O–H groups in total. The quantitative estimate of drug-likeness (QED) is 0.683. The fourth-order valence-electron chi connectivity index (χ4n) is 2.12. The van der Waals surface area contributed by atoms with Gasteiger partial charge in [0.15, 0.2) is 0 Å². The molecule has 1 aromatic heterocycles. The summed E-state index contributed by atoms with van der Waals surface area (Å²) in [6.45, 7) is 0.494. The van der Waals surface area contributed by atoms with Gasteiger partial charge in [-0.2, -0.15) is 0 Å². The van der Waals surface area contributed by atoms with Crippen molar-refractivity contribution in [3.05, 3.63) is 82.1 Å². The smallest absolute Gasteiger partial charge is 0.258 e. The molecule has 0 radical (unpaired) electrons. The Bertz CT molecular complexity index is 884. The van der Waals surface area contributed by atoms with Crippen molar-refractivity contribution >= 4 is 40.7 Å². The Hall–Kier alpha value is -2.63. The lowest BCUT2D eigenvalue weighted by atomic mass is 10.2. The van der Waals surface area contributed by atoms with Crippen LogP contribution in [0, 0.1) is 0 Å². The van der Waals surface area contributed by atoms with E-state index in [9.17, 15) is 4.79 Å². The van der Waals surface area contributed by atoms with Gasteiger partial charge in [-0.1, -0.05) is 47.5 Å².